The van der Waals surface area contributed by atoms with E-state index in [1.165, 1.54) is 19.3 Å². The van der Waals surface area contributed by atoms with Gasteiger partial charge in [0, 0.05) is 17.8 Å². The highest BCUT2D eigenvalue weighted by Gasteiger charge is 2.42. The molecule has 178 valence electrons. The van der Waals surface area contributed by atoms with E-state index in [0.29, 0.717) is 40.2 Å². The lowest BCUT2D eigenvalue weighted by Gasteiger charge is -2.29. The molecule has 1 amide bonds. The number of allylic oxidation sites excluding steroid dienone is 1. The number of esters is 2. The Hall–Kier alpha value is -3.09. The molecule has 0 saturated carbocycles. The van der Waals surface area contributed by atoms with E-state index in [1.54, 1.807) is 19.9 Å². The van der Waals surface area contributed by atoms with E-state index < -0.39 is 17.9 Å². The molecule has 1 aromatic rings. The van der Waals surface area contributed by atoms with Crippen LogP contribution in [0, 0.1) is 0 Å². The zero-order valence-corrected chi connectivity index (χ0v) is 19.8. The minimum Gasteiger partial charge on any atom is -0.463 e. The monoisotopic (exact) mass is 454 g/mol. The molecule has 0 bridgehead atoms. The van der Waals surface area contributed by atoms with E-state index in [1.807, 2.05) is 18.2 Å². The Balaban J connectivity index is 1.84. The number of amides is 1. The van der Waals surface area contributed by atoms with E-state index in [-0.39, 0.29) is 19.1 Å². The molecule has 1 aromatic carbocycles. The Kier molecular flexibility index (Phi) is 8.69. The maximum atomic E-state index is 12.9. The van der Waals surface area contributed by atoms with Gasteiger partial charge in [0.15, 0.2) is 0 Å². The summed E-state index contributed by atoms with van der Waals surface area (Å²) in [7, 11) is 0. The maximum Gasteiger partial charge on any atom is 0.337 e. The molecule has 0 radical (unpaired) electrons. The number of benzene rings is 1. The van der Waals surface area contributed by atoms with Crippen molar-refractivity contribution in [1.29, 1.82) is 0 Å². The van der Waals surface area contributed by atoms with Crippen molar-refractivity contribution in [2.75, 3.05) is 18.5 Å². The molecule has 2 aliphatic heterocycles. The highest BCUT2D eigenvalue weighted by Crippen LogP contribution is 2.43. The van der Waals surface area contributed by atoms with Crippen molar-refractivity contribution in [2.24, 2.45) is 0 Å². The molecule has 3 rings (SSSR count). The Morgan fingerprint density at radius 2 is 1.85 bits per heavy atom. The van der Waals surface area contributed by atoms with Gasteiger partial charge in [0.2, 0.25) is 5.91 Å². The molecular formula is C26H34N2O5. The van der Waals surface area contributed by atoms with E-state index >= 15 is 0 Å². The van der Waals surface area contributed by atoms with Crippen LogP contribution < -0.4 is 10.6 Å². The van der Waals surface area contributed by atoms with Crippen molar-refractivity contribution >= 4 is 23.5 Å². The number of ether oxygens (including phenoxy) is 2. The number of para-hydroxylation sites is 1. The molecule has 33 heavy (non-hydrogen) atoms. The molecule has 7 nitrogen and oxygen atoms in total. The Labute approximate surface area is 195 Å². The fourth-order valence-electron chi connectivity index (χ4n) is 4.40. The minimum atomic E-state index is -0.680. The van der Waals surface area contributed by atoms with Crippen molar-refractivity contribution in [3.05, 3.63) is 52.4 Å². The Bertz CT molecular complexity index is 963. The van der Waals surface area contributed by atoms with Crippen LogP contribution >= 0.6 is 0 Å². The van der Waals surface area contributed by atoms with Gasteiger partial charge < -0.3 is 20.1 Å². The number of cyclic esters (lactones) is 1. The molecular weight excluding hydrogens is 420 g/mol. The molecule has 0 fully saturated rings. The first kappa shape index (κ1) is 24.6. The number of anilines is 1. The summed E-state index contributed by atoms with van der Waals surface area (Å²) >= 11 is 0. The zero-order chi connectivity index (χ0) is 23.8. The molecule has 7 heteroatoms. The van der Waals surface area contributed by atoms with Crippen molar-refractivity contribution in [2.45, 2.75) is 71.6 Å². The van der Waals surface area contributed by atoms with Crippen LogP contribution in [-0.2, 0) is 23.9 Å². The lowest BCUT2D eigenvalue weighted by molar-refractivity contribution is -0.138. The van der Waals surface area contributed by atoms with Crippen LogP contribution in [0.5, 0.6) is 0 Å². The smallest absolute Gasteiger partial charge is 0.337 e. The molecule has 0 aliphatic carbocycles. The standard InChI is InChI=1S/C26H34N2O5/c1-4-6-7-8-9-10-15-21(29)28-19-14-12-11-13-18(19)23-22(25(30)32-5-2)17(3)27-20-16-33-26(31)24(20)23/h11-14,23,27H,4-10,15-16H2,1-3H3,(H,28,29). The van der Waals surface area contributed by atoms with Gasteiger partial charge in [0.1, 0.15) is 6.61 Å². The molecule has 2 aliphatic rings. The fraction of sp³-hybridized carbons (Fsp3) is 0.500. The molecule has 2 N–H and O–H groups in total. The van der Waals surface area contributed by atoms with Crippen LogP contribution in [-0.4, -0.2) is 31.1 Å². The third-order valence-corrected chi connectivity index (χ3v) is 6.01. The molecule has 0 aromatic heterocycles. The summed E-state index contributed by atoms with van der Waals surface area (Å²) in [5.41, 5.74) is 3.26. The van der Waals surface area contributed by atoms with Crippen molar-refractivity contribution in [1.82, 2.24) is 5.32 Å². The van der Waals surface area contributed by atoms with Crippen molar-refractivity contribution in [3.8, 4) is 0 Å². The zero-order valence-electron chi connectivity index (χ0n) is 19.8. The average molecular weight is 455 g/mol. The first-order valence-electron chi connectivity index (χ1n) is 11.9. The highest BCUT2D eigenvalue weighted by atomic mass is 16.5. The predicted octanol–water partition coefficient (Wildman–Crippen LogP) is 4.71. The van der Waals surface area contributed by atoms with Gasteiger partial charge in [-0.3, -0.25) is 4.79 Å². The van der Waals surface area contributed by atoms with E-state index in [0.717, 1.165) is 19.3 Å². The number of rotatable bonds is 11. The van der Waals surface area contributed by atoms with Gasteiger partial charge in [-0.1, -0.05) is 57.2 Å². The SMILES string of the molecule is CCCCCCCCC(=O)Nc1ccccc1C1C(C(=O)OCC)=C(C)NC2=C1C(=O)OC2. The third kappa shape index (κ3) is 5.83. The first-order chi connectivity index (χ1) is 16.0. The lowest BCUT2D eigenvalue weighted by Crippen LogP contribution is -2.31. The van der Waals surface area contributed by atoms with Crippen LogP contribution in [0.2, 0.25) is 0 Å². The molecule has 0 spiro atoms. The topological polar surface area (TPSA) is 93.7 Å². The van der Waals surface area contributed by atoms with Crippen molar-refractivity contribution in [3.63, 3.8) is 0 Å². The number of nitrogens with one attached hydrogen (secondary N) is 2. The fourth-order valence-corrected chi connectivity index (χ4v) is 4.40. The second-order valence-corrected chi connectivity index (χ2v) is 8.44. The quantitative estimate of drug-likeness (QED) is 0.371. The summed E-state index contributed by atoms with van der Waals surface area (Å²) in [5.74, 6) is -1.72. The van der Waals surface area contributed by atoms with Gasteiger partial charge in [0.05, 0.1) is 29.4 Å². The van der Waals surface area contributed by atoms with Crippen LogP contribution in [0.15, 0.2) is 46.8 Å². The lowest BCUT2D eigenvalue weighted by atomic mass is 9.80. The first-order valence-corrected chi connectivity index (χ1v) is 11.9. The molecule has 0 saturated heterocycles. The summed E-state index contributed by atoms with van der Waals surface area (Å²) in [5, 5.41) is 6.13. The Morgan fingerprint density at radius 3 is 2.61 bits per heavy atom. The minimum absolute atomic E-state index is 0.0755. The second-order valence-electron chi connectivity index (χ2n) is 8.44. The van der Waals surface area contributed by atoms with Crippen LogP contribution in [0.4, 0.5) is 5.69 Å². The number of carbonyl (C=O) groups is 3. The maximum absolute atomic E-state index is 12.9. The van der Waals surface area contributed by atoms with Crippen LogP contribution in [0.1, 0.15) is 77.2 Å². The number of hydrogen-bond acceptors (Lipinski definition) is 6. The summed E-state index contributed by atoms with van der Waals surface area (Å²) in [6, 6.07) is 7.29. The van der Waals surface area contributed by atoms with Gasteiger partial charge in [-0.2, -0.15) is 0 Å². The average Bonchev–Trinajstić information content (AvgIpc) is 3.16. The molecule has 1 atom stereocenters. The van der Waals surface area contributed by atoms with E-state index in [4.69, 9.17) is 9.47 Å². The number of unbranched alkanes of at least 4 members (excludes halogenated alkanes) is 5. The van der Waals surface area contributed by atoms with Gasteiger partial charge in [-0.25, -0.2) is 9.59 Å². The van der Waals surface area contributed by atoms with E-state index in [2.05, 4.69) is 17.6 Å². The van der Waals surface area contributed by atoms with Gasteiger partial charge in [0.25, 0.3) is 0 Å². The summed E-state index contributed by atoms with van der Waals surface area (Å²) in [4.78, 5) is 38.2. The largest absolute Gasteiger partial charge is 0.463 e. The van der Waals surface area contributed by atoms with Crippen LogP contribution in [0.3, 0.4) is 0 Å². The summed E-state index contributed by atoms with van der Waals surface area (Å²) in [6.45, 7) is 6.05. The molecule has 2 heterocycles. The third-order valence-electron chi connectivity index (χ3n) is 6.01. The number of dihydropyridines is 1. The van der Waals surface area contributed by atoms with E-state index in [9.17, 15) is 14.4 Å². The van der Waals surface area contributed by atoms with Crippen LogP contribution in [0.25, 0.3) is 0 Å². The normalized spacial score (nSPS) is 17.4. The number of hydrogen-bond donors (Lipinski definition) is 2. The van der Waals surface area contributed by atoms with Gasteiger partial charge >= 0.3 is 11.9 Å². The van der Waals surface area contributed by atoms with Crippen molar-refractivity contribution < 1.29 is 23.9 Å². The Morgan fingerprint density at radius 1 is 1.12 bits per heavy atom. The highest BCUT2D eigenvalue weighted by molar-refractivity contribution is 6.02. The summed E-state index contributed by atoms with van der Waals surface area (Å²) in [6.07, 6.45) is 7.06. The van der Waals surface area contributed by atoms with Gasteiger partial charge in [-0.05, 0) is 31.9 Å². The number of carbonyl (C=O) groups excluding carboxylic acids is 3. The predicted molar refractivity (Wildman–Crippen MR) is 126 cm³/mol. The molecule has 1 unspecified atom stereocenters. The second kappa shape index (κ2) is 11.7. The van der Waals surface area contributed by atoms with Gasteiger partial charge in [-0.15, -0.1) is 0 Å². The summed E-state index contributed by atoms with van der Waals surface area (Å²) < 4.78 is 10.6.